The number of carbonyl (C=O) groups excluding carboxylic acids is 1. The summed E-state index contributed by atoms with van der Waals surface area (Å²) >= 11 is 6.16. The van der Waals surface area contributed by atoms with Crippen LogP contribution in [0.25, 0.3) is 0 Å². The molecule has 6 heteroatoms. The van der Waals surface area contributed by atoms with Gasteiger partial charge in [0.1, 0.15) is 12.0 Å². The van der Waals surface area contributed by atoms with Crippen molar-refractivity contribution in [2.24, 2.45) is 23.2 Å². The zero-order valence-electron chi connectivity index (χ0n) is 18.5. The summed E-state index contributed by atoms with van der Waals surface area (Å²) < 4.78 is 5.84. The zero-order valence-corrected chi connectivity index (χ0v) is 19.3. The van der Waals surface area contributed by atoms with Crippen LogP contribution in [0.15, 0.2) is 35.9 Å². The van der Waals surface area contributed by atoms with Crippen LogP contribution < -0.4 is 9.80 Å². The van der Waals surface area contributed by atoms with E-state index >= 15 is 0 Å². The third-order valence-corrected chi connectivity index (χ3v) is 8.96. The van der Waals surface area contributed by atoms with Crippen LogP contribution in [0.1, 0.15) is 33.1 Å². The quantitative estimate of drug-likeness (QED) is 0.554. The van der Waals surface area contributed by atoms with Crippen LogP contribution in [-0.2, 0) is 9.53 Å². The van der Waals surface area contributed by atoms with Gasteiger partial charge in [-0.1, -0.05) is 43.2 Å². The number of anilines is 1. The fourth-order valence-electron chi connectivity index (χ4n) is 6.57. The van der Waals surface area contributed by atoms with Crippen LogP contribution in [0.2, 0.25) is 5.02 Å². The molecule has 2 saturated heterocycles. The zero-order chi connectivity index (χ0) is 21.8. The fraction of sp³-hybridized carbons (Fsp3) is 0.640. The smallest absolute Gasteiger partial charge is 0.315 e. The molecule has 2 aliphatic carbocycles. The van der Waals surface area contributed by atoms with E-state index in [9.17, 15) is 9.90 Å². The molecule has 3 fully saturated rings. The summed E-state index contributed by atoms with van der Waals surface area (Å²) in [4.78, 5) is 16.7. The lowest BCUT2D eigenvalue weighted by atomic mass is 9.55. The van der Waals surface area contributed by atoms with Crippen molar-refractivity contribution in [3.8, 4) is 0 Å². The van der Waals surface area contributed by atoms with Crippen molar-refractivity contribution in [2.45, 2.75) is 45.3 Å². The molecular weight excluding hydrogens is 412 g/mol. The number of rotatable bonds is 3. The summed E-state index contributed by atoms with van der Waals surface area (Å²) in [6.45, 7) is 9.05. The molecule has 1 saturated carbocycles. The predicted molar refractivity (Wildman–Crippen MR) is 121 cm³/mol. The number of aliphatic hydroxyl groups excluding tert-OH is 1. The Morgan fingerprint density at radius 1 is 1.32 bits per heavy atom. The third kappa shape index (κ3) is 3.59. The third-order valence-electron chi connectivity index (χ3n) is 8.72. The average molecular weight is 446 g/mol. The number of benzene rings is 1. The number of allylic oxidation sites excluding steroid dienone is 1. The van der Waals surface area contributed by atoms with Gasteiger partial charge in [0.25, 0.3) is 0 Å². The minimum absolute atomic E-state index is 0.0892. The predicted octanol–water partition coefficient (Wildman–Crippen LogP) is 2.33. The van der Waals surface area contributed by atoms with Gasteiger partial charge in [-0.15, -0.1) is 0 Å². The molecule has 2 aliphatic heterocycles. The normalized spacial score (nSPS) is 38.3. The van der Waals surface area contributed by atoms with Gasteiger partial charge in [-0.2, -0.15) is 0 Å². The molecule has 0 amide bonds. The van der Waals surface area contributed by atoms with Crippen molar-refractivity contribution in [1.29, 1.82) is 0 Å². The summed E-state index contributed by atoms with van der Waals surface area (Å²) in [5, 5.41) is 12.3. The Morgan fingerprint density at radius 2 is 2.10 bits per heavy atom. The molecule has 1 aromatic rings. The minimum atomic E-state index is -0.517. The molecule has 0 spiro atoms. The molecule has 2 heterocycles. The number of nitrogens with one attached hydrogen (secondary N) is 1. The monoisotopic (exact) mass is 445 g/mol. The van der Waals surface area contributed by atoms with E-state index in [1.807, 2.05) is 18.2 Å². The van der Waals surface area contributed by atoms with Gasteiger partial charge in [-0.25, -0.2) is 0 Å². The molecular formula is C25H34ClN2O3+. The van der Waals surface area contributed by atoms with E-state index in [1.165, 1.54) is 10.5 Å². The fourth-order valence-corrected chi connectivity index (χ4v) is 6.75. The first kappa shape index (κ1) is 21.3. The van der Waals surface area contributed by atoms with Crippen LogP contribution in [-0.4, -0.2) is 56.0 Å². The second-order valence-electron chi connectivity index (χ2n) is 10.2. The Balaban J connectivity index is 1.28. The lowest BCUT2D eigenvalue weighted by Gasteiger charge is -2.51. The van der Waals surface area contributed by atoms with Gasteiger partial charge in [0.2, 0.25) is 0 Å². The van der Waals surface area contributed by atoms with E-state index in [2.05, 4.69) is 30.9 Å². The highest BCUT2D eigenvalue weighted by Crippen LogP contribution is 2.55. The molecule has 31 heavy (non-hydrogen) atoms. The molecule has 0 bridgehead atoms. The Morgan fingerprint density at radius 3 is 2.84 bits per heavy atom. The number of piperazine rings is 1. The molecule has 0 aromatic heterocycles. The maximum Gasteiger partial charge on any atom is 0.315 e. The lowest BCUT2D eigenvalue weighted by molar-refractivity contribution is -0.903. The number of halogens is 1. The Labute approximate surface area is 190 Å². The van der Waals surface area contributed by atoms with Gasteiger partial charge in [0.05, 0.1) is 38.8 Å². The summed E-state index contributed by atoms with van der Waals surface area (Å²) in [7, 11) is 0. The van der Waals surface area contributed by atoms with Crippen LogP contribution >= 0.6 is 11.6 Å². The molecule has 0 radical (unpaired) electrons. The summed E-state index contributed by atoms with van der Waals surface area (Å²) in [5.41, 5.74) is 2.23. The Bertz CT molecular complexity index is 881. The van der Waals surface area contributed by atoms with Crippen LogP contribution in [0.3, 0.4) is 0 Å². The molecule has 5 nitrogen and oxygen atoms in total. The number of hydrogen-bond donors (Lipinski definition) is 2. The van der Waals surface area contributed by atoms with Gasteiger partial charge in [-0.3, -0.25) is 4.79 Å². The number of fused-ring (bicyclic) bond motifs is 2. The Kier molecular flexibility index (Phi) is 5.56. The maximum atomic E-state index is 12.9. The summed E-state index contributed by atoms with van der Waals surface area (Å²) in [5.74, 6) is 0.0246. The second kappa shape index (κ2) is 8.09. The number of aliphatic hydroxyl groups is 1. The van der Waals surface area contributed by atoms with Crippen LogP contribution in [0, 0.1) is 23.2 Å². The van der Waals surface area contributed by atoms with E-state index in [0.717, 1.165) is 62.7 Å². The van der Waals surface area contributed by atoms with Gasteiger partial charge in [0.15, 0.2) is 0 Å². The van der Waals surface area contributed by atoms with Crippen molar-refractivity contribution >= 4 is 23.3 Å². The number of nitrogens with zero attached hydrogens (tertiary/aromatic N) is 1. The number of carbonyl (C=O) groups is 1. The van der Waals surface area contributed by atoms with E-state index in [4.69, 9.17) is 16.3 Å². The van der Waals surface area contributed by atoms with Crippen LogP contribution in [0.5, 0.6) is 0 Å². The largest absolute Gasteiger partial charge is 0.461 e. The van der Waals surface area contributed by atoms with Gasteiger partial charge < -0.3 is 19.6 Å². The highest BCUT2D eigenvalue weighted by molar-refractivity contribution is 6.30. The molecule has 6 atom stereocenters. The first-order chi connectivity index (χ1) is 14.9. The summed E-state index contributed by atoms with van der Waals surface area (Å²) in [6.07, 6.45) is 4.57. The first-order valence-electron chi connectivity index (χ1n) is 11.8. The van der Waals surface area contributed by atoms with E-state index in [0.29, 0.717) is 5.92 Å². The standard InChI is InChI=1S/C25H33ClN2O3/c1-16-5-3-6-17-13-21-22(23(29)25(16,17)2)20(24(30)31-21)15-27-9-11-28(12-10-27)19-8-4-7-18(26)14-19/h4,6-8,14,16,20-23,29H,3,5,9-13,15H2,1-2H3/p+1/t16-,20-,21+,22+,23+,25+/m0/s1. The number of quaternary nitrogens is 1. The number of hydrogen-bond acceptors (Lipinski definition) is 4. The van der Waals surface area contributed by atoms with Crippen molar-refractivity contribution in [3.63, 3.8) is 0 Å². The van der Waals surface area contributed by atoms with E-state index in [1.54, 1.807) is 0 Å². The topological polar surface area (TPSA) is 54.2 Å². The van der Waals surface area contributed by atoms with Crippen LogP contribution in [0.4, 0.5) is 5.69 Å². The molecule has 0 unspecified atom stereocenters. The van der Waals surface area contributed by atoms with E-state index in [-0.39, 0.29) is 29.3 Å². The minimum Gasteiger partial charge on any atom is -0.461 e. The van der Waals surface area contributed by atoms with Crippen molar-refractivity contribution in [3.05, 3.63) is 40.9 Å². The lowest BCUT2D eigenvalue weighted by Crippen LogP contribution is -3.15. The first-order valence-corrected chi connectivity index (χ1v) is 12.2. The highest BCUT2D eigenvalue weighted by Gasteiger charge is 2.60. The maximum absolute atomic E-state index is 12.9. The summed E-state index contributed by atoms with van der Waals surface area (Å²) in [6, 6.07) is 8.01. The van der Waals surface area contributed by atoms with Gasteiger partial charge in [-0.05, 0) is 37.0 Å². The van der Waals surface area contributed by atoms with Crippen molar-refractivity contribution in [1.82, 2.24) is 0 Å². The SMILES string of the molecule is C[C@H]1CCC=C2C[C@H]3OC(=O)[C@@H](C[NH+]4CCN(c5cccc(Cl)c5)CC4)[C@H]3[C@@H](O)[C@@]21C. The number of ether oxygens (including phenoxy) is 1. The van der Waals surface area contributed by atoms with Crippen molar-refractivity contribution < 1.29 is 19.5 Å². The average Bonchev–Trinajstić information content (AvgIpc) is 3.06. The molecule has 5 rings (SSSR count). The molecule has 168 valence electrons. The Hall–Kier alpha value is -1.56. The molecule has 2 N–H and O–H groups in total. The van der Waals surface area contributed by atoms with Gasteiger partial charge >= 0.3 is 5.97 Å². The molecule has 4 aliphatic rings. The second-order valence-corrected chi connectivity index (χ2v) is 10.7. The molecule has 1 aromatic carbocycles. The number of esters is 1. The van der Waals surface area contributed by atoms with Gasteiger partial charge in [0, 0.05) is 28.5 Å². The van der Waals surface area contributed by atoms with Crippen molar-refractivity contribution in [2.75, 3.05) is 37.6 Å². The highest BCUT2D eigenvalue weighted by atomic mass is 35.5. The van der Waals surface area contributed by atoms with E-state index < -0.39 is 6.10 Å².